The molecule has 3 heteroatoms. The number of nitrogens with zero attached hydrogens (tertiary/aromatic N) is 2. The van der Waals surface area contributed by atoms with Gasteiger partial charge in [0.05, 0.1) is 17.6 Å². The van der Waals surface area contributed by atoms with Gasteiger partial charge in [0.2, 0.25) is 0 Å². The first-order valence-corrected chi connectivity index (χ1v) is 4.96. The minimum Gasteiger partial charge on any atom is -0.397 e. The molecular formula is C11H19N3. The van der Waals surface area contributed by atoms with E-state index in [0.29, 0.717) is 12.0 Å². The minimum absolute atomic E-state index is 0.460. The van der Waals surface area contributed by atoms with E-state index in [1.807, 2.05) is 12.3 Å². The van der Waals surface area contributed by atoms with Crippen molar-refractivity contribution in [1.29, 1.82) is 0 Å². The number of nitrogens with two attached hydrogens (primary N) is 1. The standard InChI is InChI=1S/C11H19N3/c1-8(2)9(3)14(4)11-7-13-6-5-10(11)12/h5-9H,1-4H3,(H2,12,13). The highest BCUT2D eigenvalue weighted by molar-refractivity contribution is 5.65. The molecule has 1 heterocycles. The molecule has 78 valence electrons. The van der Waals surface area contributed by atoms with E-state index < -0.39 is 0 Å². The Morgan fingerprint density at radius 3 is 2.50 bits per heavy atom. The molecular weight excluding hydrogens is 174 g/mol. The van der Waals surface area contributed by atoms with Crippen molar-refractivity contribution in [2.75, 3.05) is 17.7 Å². The average Bonchev–Trinajstić information content (AvgIpc) is 2.16. The molecule has 0 aliphatic heterocycles. The second-order valence-electron chi connectivity index (χ2n) is 4.03. The van der Waals surface area contributed by atoms with Gasteiger partial charge in [-0.15, -0.1) is 0 Å². The molecule has 0 aromatic carbocycles. The fourth-order valence-electron chi connectivity index (χ4n) is 1.36. The predicted octanol–water partition coefficient (Wildman–Crippen LogP) is 2.14. The van der Waals surface area contributed by atoms with Crippen LogP contribution in [0.5, 0.6) is 0 Å². The van der Waals surface area contributed by atoms with Crippen LogP contribution in [0.4, 0.5) is 11.4 Å². The number of hydrogen-bond donors (Lipinski definition) is 1. The Hall–Kier alpha value is -1.25. The third-order valence-electron chi connectivity index (χ3n) is 2.79. The number of nitrogen functional groups attached to an aromatic ring is 1. The summed E-state index contributed by atoms with van der Waals surface area (Å²) in [6.45, 7) is 6.60. The van der Waals surface area contributed by atoms with Crippen molar-refractivity contribution in [3.63, 3.8) is 0 Å². The fraction of sp³-hybridized carbons (Fsp3) is 0.545. The summed E-state index contributed by atoms with van der Waals surface area (Å²) in [4.78, 5) is 6.26. The molecule has 1 atom stereocenters. The molecule has 1 aromatic rings. The summed E-state index contributed by atoms with van der Waals surface area (Å²) in [5, 5.41) is 0. The number of hydrogen-bond acceptors (Lipinski definition) is 3. The first-order valence-electron chi connectivity index (χ1n) is 4.96. The van der Waals surface area contributed by atoms with Crippen LogP contribution in [0.2, 0.25) is 0 Å². The molecule has 1 rings (SSSR count). The van der Waals surface area contributed by atoms with Crippen LogP contribution in [0.15, 0.2) is 18.5 Å². The normalized spacial score (nSPS) is 12.9. The Labute approximate surface area is 85.9 Å². The highest BCUT2D eigenvalue weighted by atomic mass is 15.1. The van der Waals surface area contributed by atoms with Crippen LogP contribution in [-0.2, 0) is 0 Å². The van der Waals surface area contributed by atoms with E-state index in [4.69, 9.17) is 5.73 Å². The molecule has 0 bridgehead atoms. The quantitative estimate of drug-likeness (QED) is 0.799. The maximum absolute atomic E-state index is 5.88. The summed E-state index contributed by atoms with van der Waals surface area (Å²) in [6.07, 6.45) is 3.53. The summed E-state index contributed by atoms with van der Waals surface area (Å²) in [7, 11) is 2.05. The largest absolute Gasteiger partial charge is 0.397 e. The van der Waals surface area contributed by atoms with Crippen molar-refractivity contribution >= 4 is 11.4 Å². The van der Waals surface area contributed by atoms with Crippen molar-refractivity contribution < 1.29 is 0 Å². The maximum atomic E-state index is 5.88. The molecule has 0 radical (unpaired) electrons. The van der Waals surface area contributed by atoms with Gasteiger partial charge in [0.25, 0.3) is 0 Å². The van der Waals surface area contributed by atoms with E-state index in [1.54, 1.807) is 6.20 Å². The highest BCUT2D eigenvalue weighted by Gasteiger charge is 2.15. The van der Waals surface area contributed by atoms with Crippen LogP contribution < -0.4 is 10.6 Å². The van der Waals surface area contributed by atoms with Crippen molar-refractivity contribution in [3.05, 3.63) is 18.5 Å². The third kappa shape index (κ3) is 2.16. The lowest BCUT2D eigenvalue weighted by Crippen LogP contribution is -2.33. The first kappa shape index (κ1) is 10.8. The lowest BCUT2D eigenvalue weighted by molar-refractivity contribution is 0.505. The average molecular weight is 193 g/mol. The Kier molecular flexibility index (Phi) is 3.33. The lowest BCUT2D eigenvalue weighted by Gasteiger charge is -2.30. The van der Waals surface area contributed by atoms with Gasteiger partial charge in [-0.1, -0.05) is 13.8 Å². The van der Waals surface area contributed by atoms with Gasteiger partial charge in [0.1, 0.15) is 0 Å². The SMILES string of the molecule is CC(C)C(C)N(C)c1cnccc1N. The zero-order chi connectivity index (χ0) is 10.7. The summed E-state index contributed by atoms with van der Waals surface area (Å²) in [6, 6.07) is 2.29. The van der Waals surface area contributed by atoms with Gasteiger partial charge in [0.15, 0.2) is 0 Å². The summed E-state index contributed by atoms with van der Waals surface area (Å²) < 4.78 is 0. The molecule has 2 N–H and O–H groups in total. The first-order chi connectivity index (χ1) is 6.54. The van der Waals surface area contributed by atoms with Gasteiger partial charge in [-0.2, -0.15) is 0 Å². The minimum atomic E-state index is 0.460. The van der Waals surface area contributed by atoms with Gasteiger partial charge in [-0.25, -0.2) is 0 Å². The van der Waals surface area contributed by atoms with Crippen LogP contribution in [0.3, 0.4) is 0 Å². The molecule has 0 spiro atoms. The lowest BCUT2D eigenvalue weighted by atomic mass is 10.0. The van der Waals surface area contributed by atoms with Crippen LogP contribution in [0, 0.1) is 5.92 Å². The summed E-state index contributed by atoms with van der Waals surface area (Å²) in [5.41, 5.74) is 7.67. The van der Waals surface area contributed by atoms with Crippen LogP contribution in [-0.4, -0.2) is 18.1 Å². The molecule has 1 aromatic heterocycles. The Morgan fingerprint density at radius 2 is 2.00 bits per heavy atom. The van der Waals surface area contributed by atoms with Crippen molar-refractivity contribution in [2.24, 2.45) is 5.92 Å². The van der Waals surface area contributed by atoms with Crippen LogP contribution >= 0.6 is 0 Å². The molecule has 0 amide bonds. The monoisotopic (exact) mass is 193 g/mol. The molecule has 0 fully saturated rings. The topological polar surface area (TPSA) is 42.2 Å². The third-order valence-corrected chi connectivity index (χ3v) is 2.79. The second kappa shape index (κ2) is 4.31. The number of anilines is 2. The molecule has 3 nitrogen and oxygen atoms in total. The molecule has 14 heavy (non-hydrogen) atoms. The smallest absolute Gasteiger partial charge is 0.0786 e. The summed E-state index contributed by atoms with van der Waals surface area (Å²) >= 11 is 0. The van der Waals surface area contributed by atoms with Crippen LogP contribution in [0.1, 0.15) is 20.8 Å². The van der Waals surface area contributed by atoms with Crippen molar-refractivity contribution in [1.82, 2.24) is 4.98 Å². The van der Waals surface area contributed by atoms with Gasteiger partial charge in [-0.05, 0) is 18.9 Å². The van der Waals surface area contributed by atoms with Crippen molar-refractivity contribution in [2.45, 2.75) is 26.8 Å². The number of pyridine rings is 1. The maximum Gasteiger partial charge on any atom is 0.0786 e. The Morgan fingerprint density at radius 1 is 1.36 bits per heavy atom. The van der Waals surface area contributed by atoms with E-state index in [-0.39, 0.29) is 0 Å². The van der Waals surface area contributed by atoms with E-state index in [9.17, 15) is 0 Å². The van der Waals surface area contributed by atoms with Gasteiger partial charge >= 0.3 is 0 Å². The second-order valence-corrected chi connectivity index (χ2v) is 4.03. The van der Waals surface area contributed by atoms with E-state index >= 15 is 0 Å². The van der Waals surface area contributed by atoms with Gasteiger partial charge < -0.3 is 10.6 Å². The Bertz CT molecular complexity index is 296. The zero-order valence-corrected chi connectivity index (χ0v) is 9.36. The van der Waals surface area contributed by atoms with Crippen LogP contribution in [0.25, 0.3) is 0 Å². The zero-order valence-electron chi connectivity index (χ0n) is 9.36. The van der Waals surface area contributed by atoms with Gasteiger partial charge in [0, 0.05) is 19.3 Å². The molecule has 0 aliphatic carbocycles. The molecule has 0 saturated heterocycles. The molecule has 0 aliphatic rings. The molecule has 0 saturated carbocycles. The number of rotatable bonds is 3. The predicted molar refractivity (Wildman–Crippen MR) is 61.4 cm³/mol. The fourth-order valence-corrected chi connectivity index (χ4v) is 1.36. The summed E-state index contributed by atoms with van der Waals surface area (Å²) in [5.74, 6) is 0.597. The number of aromatic nitrogens is 1. The molecule has 1 unspecified atom stereocenters. The van der Waals surface area contributed by atoms with Crippen molar-refractivity contribution in [3.8, 4) is 0 Å². The van der Waals surface area contributed by atoms with E-state index in [1.165, 1.54) is 0 Å². The highest BCUT2D eigenvalue weighted by Crippen LogP contribution is 2.23. The van der Waals surface area contributed by atoms with Gasteiger partial charge in [-0.3, -0.25) is 4.98 Å². The Balaban J connectivity index is 2.89. The van der Waals surface area contributed by atoms with E-state index in [2.05, 4.69) is 37.7 Å². The van der Waals surface area contributed by atoms with E-state index in [0.717, 1.165) is 11.4 Å².